The molecular weight excluding hydrogens is 244 g/mol. The minimum atomic E-state index is -0.193. The van der Waals surface area contributed by atoms with Crippen LogP contribution in [0.15, 0.2) is 0 Å². The molecular formula is C15H28O4. The summed E-state index contributed by atoms with van der Waals surface area (Å²) in [6.07, 6.45) is 2.03. The van der Waals surface area contributed by atoms with Crippen molar-refractivity contribution in [2.75, 3.05) is 20.3 Å². The highest BCUT2D eigenvalue weighted by molar-refractivity contribution is 4.87. The fraction of sp³-hybridized carbons (Fsp3) is 1.00. The second-order valence-corrected chi connectivity index (χ2v) is 7.13. The molecule has 0 aromatic heterocycles. The average molecular weight is 272 g/mol. The van der Waals surface area contributed by atoms with Crippen LogP contribution in [0.4, 0.5) is 0 Å². The number of hydrogen-bond donors (Lipinski definition) is 0. The van der Waals surface area contributed by atoms with Crippen molar-refractivity contribution in [3.05, 3.63) is 0 Å². The molecule has 19 heavy (non-hydrogen) atoms. The van der Waals surface area contributed by atoms with Crippen LogP contribution in [-0.2, 0) is 18.9 Å². The van der Waals surface area contributed by atoms with Gasteiger partial charge in [0.1, 0.15) is 12.2 Å². The van der Waals surface area contributed by atoms with E-state index in [0.29, 0.717) is 17.9 Å². The molecule has 2 aliphatic heterocycles. The lowest BCUT2D eigenvalue weighted by molar-refractivity contribution is -0.200. The van der Waals surface area contributed by atoms with Gasteiger partial charge in [0.2, 0.25) is 0 Å². The first-order valence-electron chi connectivity index (χ1n) is 7.30. The topological polar surface area (TPSA) is 36.9 Å². The van der Waals surface area contributed by atoms with Gasteiger partial charge in [-0.3, -0.25) is 0 Å². The molecule has 112 valence electrons. The molecule has 2 rings (SSSR count). The van der Waals surface area contributed by atoms with Gasteiger partial charge in [-0.2, -0.15) is 0 Å². The Kier molecular flexibility index (Phi) is 4.88. The van der Waals surface area contributed by atoms with Gasteiger partial charge in [0.05, 0.1) is 12.7 Å². The van der Waals surface area contributed by atoms with E-state index in [1.165, 1.54) is 0 Å². The van der Waals surface area contributed by atoms with Gasteiger partial charge in [0, 0.05) is 20.1 Å². The van der Waals surface area contributed by atoms with Gasteiger partial charge in [-0.15, -0.1) is 0 Å². The summed E-state index contributed by atoms with van der Waals surface area (Å²) >= 11 is 0. The third-order valence-corrected chi connectivity index (χ3v) is 3.77. The molecule has 2 saturated heterocycles. The first-order chi connectivity index (χ1) is 8.89. The highest BCUT2D eigenvalue weighted by Crippen LogP contribution is 2.32. The molecule has 0 aromatic rings. The van der Waals surface area contributed by atoms with Gasteiger partial charge in [-0.25, -0.2) is 0 Å². The van der Waals surface area contributed by atoms with Crippen LogP contribution < -0.4 is 0 Å². The predicted octanol–water partition coefficient (Wildman–Crippen LogP) is 2.60. The van der Waals surface area contributed by atoms with Gasteiger partial charge in [0.25, 0.3) is 0 Å². The Labute approximate surface area is 116 Å². The number of fused-ring (bicyclic) bond motifs is 2. The molecule has 0 aromatic carbocycles. The monoisotopic (exact) mass is 272 g/mol. The van der Waals surface area contributed by atoms with E-state index in [-0.39, 0.29) is 24.6 Å². The lowest BCUT2D eigenvalue weighted by Gasteiger charge is -2.33. The van der Waals surface area contributed by atoms with Crippen LogP contribution in [0.3, 0.4) is 0 Å². The summed E-state index contributed by atoms with van der Waals surface area (Å²) in [7, 11) is 1.70. The van der Waals surface area contributed by atoms with Crippen LogP contribution in [0, 0.1) is 11.3 Å². The SMILES string of the molecule is CO[C@@H]1C[C@H](OCC(C)CC(C)(C)C)[C@H]2CO[C@@H]1O2. The van der Waals surface area contributed by atoms with Gasteiger partial charge in [-0.05, 0) is 17.8 Å². The largest absolute Gasteiger partial charge is 0.376 e. The van der Waals surface area contributed by atoms with E-state index < -0.39 is 0 Å². The van der Waals surface area contributed by atoms with Crippen molar-refractivity contribution in [3.63, 3.8) is 0 Å². The van der Waals surface area contributed by atoms with Crippen molar-refractivity contribution in [3.8, 4) is 0 Å². The Hall–Kier alpha value is -0.160. The van der Waals surface area contributed by atoms with Gasteiger partial charge < -0.3 is 18.9 Å². The van der Waals surface area contributed by atoms with Crippen molar-refractivity contribution in [1.29, 1.82) is 0 Å². The van der Waals surface area contributed by atoms with Crippen LogP contribution in [0.25, 0.3) is 0 Å². The van der Waals surface area contributed by atoms with E-state index in [0.717, 1.165) is 19.4 Å². The molecule has 0 saturated carbocycles. The van der Waals surface area contributed by atoms with Gasteiger partial charge >= 0.3 is 0 Å². The minimum absolute atomic E-state index is 0.00155. The summed E-state index contributed by atoms with van der Waals surface area (Å²) in [5.74, 6) is 0.557. The number of methoxy groups -OCH3 is 1. The zero-order valence-electron chi connectivity index (χ0n) is 12.8. The smallest absolute Gasteiger partial charge is 0.184 e. The molecule has 2 fully saturated rings. The third-order valence-electron chi connectivity index (χ3n) is 3.77. The number of hydrogen-bond acceptors (Lipinski definition) is 4. The maximum Gasteiger partial charge on any atom is 0.184 e. The summed E-state index contributed by atoms with van der Waals surface area (Å²) in [6.45, 7) is 10.5. The second-order valence-electron chi connectivity index (χ2n) is 7.13. The van der Waals surface area contributed by atoms with Crippen LogP contribution in [0.5, 0.6) is 0 Å². The Morgan fingerprint density at radius 2 is 2.00 bits per heavy atom. The van der Waals surface area contributed by atoms with E-state index in [9.17, 15) is 0 Å². The normalized spacial score (nSPS) is 36.5. The molecule has 0 spiro atoms. The fourth-order valence-electron chi connectivity index (χ4n) is 3.10. The molecule has 1 unspecified atom stereocenters. The quantitative estimate of drug-likeness (QED) is 0.771. The van der Waals surface area contributed by atoms with E-state index in [1.807, 2.05) is 0 Å². The maximum atomic E-state index is 6.07. The van der Waals surface area contributed by atoms with Crippen LogP contribution in [0.2, 0.25) is 0 Å². The molecule has 0 N–H and O–H groups in total. The highest BCUT2D eigenvalue weighted by atomic mass is 16.7. The van der Waals surface area contributed by atoms with Crippen molar-refractivity contribution in [1.82, 2.24) is 0 Å². The molecule has 2 aliphatic rings. The lowest BCUT2D eigenvalue weighted by atomic mass is 9.86. The van der Waals surface area contributed by atoms with Crippen LogP contribution in [0.1, 0.15) is 40.5 Å². The van der Waals surface area contributed by atoms with Crippen molar-refractivity contribution < 1.29 is 18.9 Å². The second kappa shape index (κ2) is 6.08. The Bertz CT molecular complexity index is 286. The van der Waals surface area contributed by atoms with Crippen LogP contribution >= 0.6 is 0 Å². The Morgan fingerprint density at radius 3 is 2.63 bits per heavy atom. The van der Waals surface area contributed by atoms with Crippen molar-refractivity contribution in [2.24, 2.45) is 11.3 Å². The highest BCUT2D eigenvalue weighted by Gasteiger charge is 2.44. The summed E-state index contributed by atoms with van der Waals surface area (Å²) in [5.41, 5.74) is 0.350. The summed E-state index contributed by atoms with van der Waals surface area (Å²) in [4.78, 5) is 0. The van der Waals surface area contributed by atoms with Crippen molar-refractivity contribution in [2.45, 2.75) is 65.1 Å². The van der Waals surface area contributed by atoms with E-state index in [1.54, 1.807) is 7.11 Å². The summed E-state index contributed by atoms with van der Waals surface area (Å²) in [6, 6.07) is 0. The molecule has 5 atom stereocenters. The van der Waals surface area contributed by atoms with Crippen molar-refractivity contribution >= 4 is 0 Å². The predicted molar refractivity (Wildman–Crippen MR) is 73.0 cm³/mol. The van der Waals surface area contributed by atoms with Gasteiger partial charge in [0.15, 0.2) is 6.29 Å². The van der Waals surface area contributed by atoms with Gasteiger partial charge in [-0.1, -0.05) is 27.7 Å². The first-order valence-corrected chi connectivity index (χ1v) is 7.30. The van der Waals surface area contributed by atoms with E-state index in [2.05, 4.69) is 27.7 Å². The standard InChI is InChI=1S/C15H28O4/c1-10(7-15(2,3)4)8-17-11-6-12(16-5)14-18-9-13(11)19-14/h10-14H,6-9H2,1-5H3/t10?,11-,12+,13+,14+/m0/s1. The molecule has 0 aliphatic carbocycles. The Morgan fingerprint density at radius 1 is 1.26 bits per heavy atom. The molecule has 4 nitrogen and oxygen atoms in total. The Balaban J connectivity index is 1.79. The summed E-state index contributed by atoms with van der Waals surface area (Å²) < 4.78 is 22.8. The summed E-state index contributed by atoms with van der Waals surface area (Å²) in [5, 5.41) is 0. The number of rotatable bonds is 5. The third kappa shape index (κ3) is 4.15. The zero-order chi connectivity index (χ0) is 14.0. The average Bonchev–Trinajstić information content (AvgIpc) is 2.71. The zero-order valence-corrected chi connectivity index (χ0v) is 12.8. The molecule has 4 heteroatoms. The maximum absolute atomic E-state index is 6.07. The molecule has 2 bridgehead atoms. The minimum Gasteiger partial charge on any atom is -0.376 e. The van der Waals surface area contributed by atoms with E-state index in [4.69, 9.17) is 18.9 Å². The lowest BCUT2D eigenvalue weighted by Crippen LogP contribution is -2.44. The number of ether oxygens (including phenoxy) is 4. The molecule has 0 radical (unpaired) electrons. The fourth-order valence-corrected chi connectivity index (χ4v) is 3.10. The molecule has 0 amide bonds. The van der Waals surface area contributed by atoms with Crippen LogP contribution in [-0.4, -0.2) is 44.9 Å². The van der Waals surface area contributed by atoms with E-state index >= 15 is 0 Å². The molecule has 2 heterocycles. The first kappa shape index (κ1) is 15.2.